The zero-order valence-electron chi connectivity index (χ0n) is 10.6. The molecule has 1 aromatic heterocycles. The van der Waals surface area contributed by atoms with Gasteiger partial charge in [0.15, 0.2) is 5.76 Å². The fraction of sp³-hybridized carbons (Fsp3) is 0.357. The maximum Gasteiger partial charge on any atom is 0.289 e. The van der Waals surface area contributed by atoms with Crippen LogP contribution in [0, 0.1) is 6.92 Å². The Hall–Kier alpha value is -1.33. The van der Waals surface area contributed by atoms with Crippen LogP contribution in [0.3, 0.4) is 0 Å². The molecule has 19 heavy (non-hydrogen) atoms. The molecular formula is C14H15BrN2O2. The van der Waals surface area contributed by atoms with Crippen LogP contribution in [0.4, 0.5) is 0 Å². The number of hydrogen-bond acceptors (Lipinski definition) is 3. The molecule has 0 saturated carbocycles. The Kier molecular flexibility index (Phi) is 3.11. The molecule has 0 unspecified atom stereocenters. The van der Waals surface area contributed by atoms with Crippen molar-refractivity contribution in [2.45, 2.75) is 19.4 Å². The SMILES string of the molecule is Cc1c(C(=O)N2CC[C@@H](N)C2)oc2ccc(Br)cc12. The molecule has 1 aliphatic rings. The molecular weight excluding hydrogens is 308 g/mol. The number of nitrogens with two attached hydrogens (primary N) is 1. The van der Waals surface area contributed by atoms with Crippen molar-refractivity contribution in [1.29, 1.82) is 0 Å². The van der Waals surface area contributed by atoms with E-state index >= 15 is 0 Å². The van der Waals surface area contributed by atoms with E-state index in [4.69, 9.17) is 10.2 Å². The van der Waals surface area contributed by atoms with Gasteiger partial charge < -0.3 is 15.1 Å². The van der Waals surface area contributed by atoms with Gasteiger partial charge in [0.1, 0.15) is 5.58 Å². The van der Waals surface area contributed by atoms with E-state index in [0.717, 1.165) is 27.4 Å². The number of rotatable bonds is 1. The molecule has 1 saturated heterocycles. The number of carbonyl (C=O) groups excluding carboxylic acids is 1. The van der Waals surface area contributed by atoms with Gasteiger partial charge in [0.2, 0.25) is 0 Å². The first-order valence-corrected chi connectivity index (χ1v) is 7.09. The summed E-state index contributed by atoms with van der Waals surface area (Å²) in [7, 11) is 0. The molecule has 1 fully saturated rings. The summed E-state index contributed by atoms with van der Waals surface area (Å²) in [5.74, 6) is 0.375. The number of fused-ring (bicyclic) bond motifs is 1. The fourth-order valence-electron chi connectivity index (χ4n) is 2.51. The molecule has 3 rings (SSSR count). The fourth-order valence-corrected chi connectivity index (χ4v) is 2.87. The molecule has 2 N–H and O–H groups in total. The molecule has 0 aliphatic carbocycles. The lowest BCUT2D eigenvalue weighted by molar-refractivity contribution is 0.0760. The average molecular weight is 323 g/mol. The van der Waals surface area contributed by atoms with Crippen LogP contribution in [-0.2, 0) is 0 Å². The number of aryl methyl sites for hydroxylation is 1. The predicted octanol–water partition coefficient (Wildman–Crippen LogP) is 2.68. The Morgan fingerprint density at radius 1 is 1.53 bits per heavy atom. The monoisotopic (exact) mass is 322 g/mol. The molecule has 0 spiro atoms. The number of halogens is 1. The average Bonchev–Trinajstić information content (AvgIpc) is 2.94. The van der Waals surface area contributed by atoms with Crippen LogP contribution in [0.15, 0.2) is 27.1 Å². The van der Waals surface area contributed by atoms with Crippen molar-refractivity contribution in [2.75, 3.05) is 13.1 Å². The Bertz CT molecular complexity index is 650. The number of carbonyl (C=O) groups is 1. The van der Waals surface area contributed by atoms with Gasteiger partial charge in [0, 0.05) is 34.6 Å². The molecule has 1 aromatic carbocycles. The second-order valence-corrected chi connectivity index (χ2v) is 5.91. The molecule has 4 nitrogen and oxygen atoms in total. The van der Waals surface area contributed by atoms with Crippen molar-refractivity contribution in [1.82, 2.24) is 4.90 Å². The molecule has 100 valence electrons. The van der Waals surface area contributed by atoms with E-state index in [2.05, 4.69) is 15.9 Å². The van der Waals surface area contributed by atoms with Crippen LogP contribution in [0.25, 0.3) is 11.0 Å². The van der Waals surface area contributed by atoms with Crippen molar-refractivity contribution in [3.05, 3.63) is 34.0 Å². The third-order valence-corrected chi connectivity index (χ3v) is 4.10. The Morgan fingerprint density at radius 3 is 3.00 bits per heavy atom. The van der Waals surface area contributed by atoms with Crippen molar-refractivity contribution >= 4 is 32.8 Å². The van der Waals surface area contributed by atoms with E-state index in [1.165, 1.54) is 0 Å². The summed E-state index contributed by atoms with van der Waals surface area (Å²) < 4.78 is 6.69. The summed E-state index contributed by atoms with van der Waals surface area (Å²) in [4.78, 5) is 14.2. The molecule has 1 aliphatic heterocycles. The summed E-state index contributed by atoms with van der Waals surface area (Å²) in [5, 5.41) is 0.973. The lowest BCUT2D eigenvalue weighted by Gasteiger charge is -2.14. The number of furan rings is 1. The largest absolute Gasteiger partial charge is 0.451 e. The number of hydrogen-bond donors (Lipinski definition) is 1. The summed E-state index contributed by atoms with van der Waals surface area (Å²) in [6, 6.07) is 5.84. The number of benzene rings is 1. The van der Waals surface area contributed by atoms with Crippen LogP contribution in [0.1, 0.15) is 22.5 Å². The molecule has 0 radical (unpaired) electrons. The summed E-state index contributed by atoms with van der Waals surface area (Å²) >= 11 is 3.43. The first-order valence-electron chi connectivity index (χ1n) is 6.30. The maximum atomic E-state index is 12.4. The van der Waals surface area contributed by atoms with Crippen LogP contribution < -0.4 is 5.73 Å². The highest BCUT2D eigenvalue weighted by Gasteiger charge is 2.28. The van der Waals surface area contributed by atoms with E-state index in [-0.39, 0.29) is 11.9 Å². The van der Waals surface area contributed by atoms with Gasteiger partial charge in [0.25, 0.3) is 5.91 Å². The summed E-state index contributed by atoms with van der Waals surface area (Å²) in [5.41, 5.74) is 7.48. The highest BCUT2D eigenvalue weighted by atomic mass is 79.9. The molecule has 2 aromatic rings. The minimum Gasteiger partial charge on any atom is -0.451 e. The van der Waals surface area contributed by atoms with Gasteiger partial charge in [-0.25, -0.2) is 0 Å². The molecule has 1 atom stereocenters. The van der Waals surface area contributed by atoms with Crippen LogP contribution >= 0.6 is 15.9 Å². The van der Waals surface area contributed by atoms with Gasteiger partial charge in [-0.15, -0.1) is 0 Å². The number of amides is 1. The van der Waals surface area contributed by atoms with E-state index in [1.807, 2.05) is 25.1 Å². The lowest BCUT2D eigenvalue weighted by atomic mass is 10.1. The first-order chi connectivity index (χ1) is 9.06. The Labute approximate surface area is 119 Å². The highest BCUT2D eigenvalue weighted by molar-refractivity contribution is 9.10. The quantitative estimate of drug-likeness (QED) is 0.878. The van der Waals surface area contributed by atoms with Crippen molar-refractivity contribution in [3.63, 3.8) is 0 Å². The normalized spacial score (nSPS) is 19.3. The van der Waals surface area contributed by atoms with Gasteiger partial charge in [-0.1, -0.05) is 15.9 Å². The predicted molar refractivity (Wildman–Crippen MR) is 77.1 cm³/mol. The van der Waals surface area contributed by atoms with Gasteiger partial charge in [0.05, 0.1) is 0 Å². The minimum atomic E-state index is -0.0576. The third-order valence-electron chi connectivity index (χ3n) is 3.60. The van der Waals surface area contributed by atoms with Crippen LogP contribution in [0.2, 0.25) is 0 Å². The van der Waals surface area contributed by atoms with Gasteiger partial charge in [-0.3, -0.25) is 4.79 Å². The van der Waals surface area contributed by atoms with E-state index in [1.54, 1.807) is 4.90 Å². The van der Waals surface area contributed by atoms with Gasteiger partial charge in [-0.2, -0.15) is 0 Å². The summed E-state index contributed by atoms with van der Waals surface area (Å²) in [6.07, 6.45) is 0.858. The van der Waals surface area contributed by atoms with Gasteiger partial charge in [-0.05, 0) is 31.5 Å². The Morgan fingerprint density at radius 2 is 2.32 bits per heavy atom. The first kappa shape index (κ1) is 12.7. The maximum absolute atomic E-state index is 12.4. The second-order valence-electron chi connectivity index (χ2n) is 5.00. The third kappa shape index (κ3) is 2.17. The molecule has 0 bridgehead atoms. The second kappa shape index (κ2) is 4.65. The zero-order chi connectivity index (χ0) is 13.6. The van der Waals surface area contributed by atoms with E-state index in [9.17, 15) is 4.79 Å². The van der Waals surface area contributed by atoms with Crippen molar-refractivity contribution in [2.24, 2.45) is 5.73 Å². The van der Waals surface area contributed by atoms with Gasteiger partial charge >= 0.3 is 0 Å². The minimum absolute atomic E-state index is 0.0576. The van der Waals surface area contributed by atoms with E-state index < -0.39 is 0 Å². The highest BCUT2D eigenvalue weighted by Crippen LogP contribution is 2.29. The van der Waals surface area contributed by atoms with Crippen LogP contribution in [0.5, 0.6) is 0 Å². The molecule has 5 heteroatoms. The number of likely N-dealkylation sites (tertiary alicyclic amines) is 1. The van der Waals surface area contributed by atoms with E-state index in [0.29, 0.717) is 18.8 Å². The molecule has 1 amide bonds. The summed E-state index contributed by atoms with van der Waals surface area (Å²) in [6.45, 7) is 3.24. The van der Waals surface area contributed by atoms with Crippen molar-refractivity contribution < 1.29 is 9.21 Å². The van der Waals surface area contributed by atoms with Crippen LogP contribution in [-0.4, -0.2) is 29.9 Å². The zero-order valence-corrected chi connectivity index (χ0v) is 12.2. The molecule has 2 heterocycles. The van der Waals surface area contributed by atoms with Crippen molar-refractivity contribution in [3.8, 4) is 0 Å². The number of nitrogens with zero attached hydrogens (tertiary/aromatic N) is 1. The topological polar surface area (TPSA) is 59.5 Å². The smallest absolute Gasteiger partial charge is 0.289 e. The lowest BCUT2D eigenvalue weighted by Crippen LogP contribution is -2.31. The standard InChI is InChI=1S/C14H15BrN2O2/c1-8-11-6-9(15)2-3-12(11)19-13(8)14(18)17-5-4-10(16)7-17/h2-3,6,10H,4-5,7,16H2,1H3/t10-/m1/s1. The Balaban J connectivity index is 2.01.